The van der Waals surface area contributed by atoms with Crippen LogP contribution in [0.4, 0.5) is 14.4 Å². The number of rotatable bonds is 2. The lowest BCUT2D eigenvalue weighted by molar-refractivity contribution is 0.0346. The molecule has 1 N–H and O–H groups in total. The quantitative estimate of drug-likeness (QED) is 0.350. The van der Waals surface area contributed by atoms with Gasteiger partial charge in [-0.3, -0.25) is 5.32 Å². The molecule has 3 amide bonds. The van der Waals surface area contributed by atoms with Crippen molar-refractivity contribution in [2.45, 2.75) is 92.6 Å². The van der Waals surface area contributed by atoms with Crippen LogP contribution in [0.25, 0.3) is 0 Å². The number of guanidine groups is 1. The molecule has 1 aromatic carbocycles. The van der Waals surface area contributed by atoms with E-state index in [0.29, 0.717) is 0 Å². The van der Waals surface area contributed by atoms with Crippen LogP contribution in [-0.4, -0.2) is 45.9 Å². The molecule has 0 aliphatic carbocycles. The van der Waals surface area contributed by atoms with Gasteiger partial charge < -0.3 is 14.2 Å². The SMILES string of the molecule is Cc1cccc(CN(C(=O)OC(C)(C)C)C(=NC(=O)OC(C)(C)C)NC(=O)OC(C)(C)C)c1. The molecule has 0 fully saturated rings. The van der Waals surface area contributed by atoms with E-state index in [1.807, 2.05) is 31.2 Å². The standard InChI is InChI=1S/C24H37N3O6/c1-16-12-11-13-17(14-16)15-27(21(30)33-24(8,9)10)18(25-19(28)31-22(2,3)4)26-20(29)32-23(5,6)7/h11-14H,15H2,1-10H3,(H,25,26,28,29). The highest BCUT2D eigenvalue weighted by Gasteiger charge is 2.30. The molecule has 33 heavy (non-hydrogen) atoms. The number of alkyl carbamates (subject to hydrolysis) is 1. The van der Waals surface area contributed by atoms with Crippen molar-refractivity contribution in [2.75, 3.05) is 0 Å². The van der Waals surface area contributed by atoms with Gasteiger partial charge in [0.15, 0.2) is 0 Å². The third-order valence-corrected chi connectivity index (χ3v) is 3.50. The van der Waals surface area contributed by atoms with E-state index in [-0.39, 0.29) is 12.5 Å². The van der Waals surface area contributed by atoms with E-state index in [0.717, 1.165) is 16.0 Å². The van der Waals surface area contributed by atoms with Crippen molar-refractivity contribution < 1.29 is 28.6 Å². The molecule has 184 valence electrons. The summed E-state index contributed by atoms with van der Waals surface area (Å²) in [5, 5.41) is 2.40. The fourth-order valence-corrected chi connectivity index (χ4v) is 2.46. The summed E-state index contributed by atoms with van der Waals surface area (Å²) in [6.07, 6.45) is -2.67. The molecule has 0 heterocycles. The van der Waals surface area contributed by atoms with Crippen LogP contribution >= 0.6 is 0 Å². The summed E-state index contributed by atoms with van der Waals surface area (Å²) in [6.45, 7) is 17.1. The number of hydrogen-bond acceptors (Lipinski definition) is 6. The second-order valence-electron chi connectivity index (χ2n) is 10.6. The van der Waals surface area contributed by atoms with Crippen molar-refractivity contribution in [3.63, 3.8) is 0 Å². The van der Waals surface area contributed by atoms with Gasteiger partial charge in [0.2, 0.25) is 5.96 Å². The zero-order valence-corrected chi connectivity index (χ0v) is 21.4. The second kappa shape index (κ2) is 10.7. The van der Waals surface area contributed by atoms with E-state index < -0.39 is 35.1 Å². The van der Waals surface area contributed by atoms with Crippen molar-refractivity contribution in [2.24, 2.45) is 4.99 Å². The number of aryl methyl sites for hydroxylation is 1. The lowest BCUT2D eigenvalue weighted by atomic mass is 10.1. The van der Waals surface area contributed by atoms with Crippen molar-refractivity contribution >= 4 is 24.2 Å². The number of nitrogens with zero attached hydrogens (tertiary/aromatic N) is 2. The van der Waals surface area contributed by atoms with Crippen molar-refractivity contribution in [1.29, 1.82) is 0 Å². The Kier molecular flexibility index (Phi) is 9.04. The molecule has 0 unspecified atom stereocenters. The van der Waals surface area contributed by atoms with Crippen LogP contribution in [0.1, 0.15) is 73.4 Å². The summed E-state index contributed by atoms with van der Waals surface area (Å²) >= 11 is 0. The first-order chi connectivity index (χ1) is 14.8. The summed E-state index contributed by atoms with van der Waals surface area (Å²) in [5.41, 5.74) is -0.754. The Bertz CT molecular complexity index is 889. The van der Waals surface area contributed by atoms with Crippen LogP contribution < -0.4 is 5.32 Å². The minimum Gasteiger partial charge on any atom is -0.444 e. The van der Waals surface area contributed by atoms with Crippen molar-refractivity contribution in [1.82, 2.24) is 10.2 Å². The van der Waals surface area contributed by atoms with Crippen molar-refractivity contribution in [3.05, 3.63) is 35.4 Å². The molecule has 0 spiro atoms. The van der Waals surface area contributed by atoms with Gasteiger partial charge in [-0.05, 0) is 74.8 Å². The summed E-state index contributed by atoms with van der Waals surface area (Å²) in [7, 11) is 0. The number of carbonyl (C=O) groups excluding carboxylic acids is 3. The highest BCUT2D eigenvalue weighted by Crippen LogP contribution is 2.16. The van der Waals surface area contributed by atoms with Gasteiger partial charge in [-0.25, -0.2) is 19.3 Å². The maximum Gasteiger partial charge on any atom is 0.437 e. The van der Waals surface area contributed by atoms with Crippen LogP contribution in [0.3, 0.4) is 0 Å². The lowest BCUT2D eigenvalue weighted by Gasteiger charge is -2.29. The van der Waals surface area contributed by atoms with Crippen LogP contribution in [0.2, 0.25) is 0 Å². The van der Waals surface area contributed by atoms with E-state index in [4.69, 9.17) is 14.2 Å². The Labute approximate surface area is 196 Å². The average molecular weight is 464 g/mol. The van der Waals surface area contributed by atoms with Gasteiger partial charge in [0.25, 0.3) is 0 Å². The minimum atomic E-state index is -0.980. The molecular formula is C24H37N3O6. The summed E-state index contributed by atoms with van der Waals surface area (Å²) < 4.78 is 16.1. The average Bonchev–Trinajstić information content (AvgIpc) is 2.54. The molecule has 9 heteroatoms. The van der Waals surface area contributed by atoms with Gasteiger partial charge in [-0.1, -0.05) is 29.8 Å². The Hall–Kier alpha value is -3.10. The first-order valence-electron chi connectivity index (χ1n) is 10.7. The van der Waals surface area contributed by atoms with Crippen molar-refractivity contribution in [3.8, 4) is 0 Å². The number of aliphatic imine (C=N–C) groups is 1. The third kappa shape index (κ3) is 11.9. The van der Waals surface area contributed by atoms with Crippen LogP contribution in [-0.2, 0) is 20.8 Å². The fourth-order valence-electron chi connectivity index (χ4n) is 2.46. The Morgan fingerprint density at radius 2 is 1.42 bits per heavy atom. The highest BCUT2D eigenvalue weighted by atomic mass is 16.6. The van der Waals surface area contributed by atoms with Gasteiger partial charge >= 0.3 is 18.3 Å². The molecule has 9 nitrogen and oxygen atoms in total. The molecule has 0 aliphatic rings. The molecule has 0 aliphatic heterocycles. The smallest absolute Gasteiger partial charge is 0.437 e. The summed E-state index contributed by atoms with van der Waals surface area (Å²) in [6, 6.07) is 7.43. The number of carbonyl (C=O) groups is 3. The molecule has 0 aromatic heterocycles. The summed E-state index contributed by atoms with van der Waals surface area (Å²) in [5.74, 6) is -0.366. The van der Waals surface area contributed by atoms with E-state index in [1.54, 1.807) is 62.3 Å². The molecule has 0 saturated heterocycles. The fraction of sp³-hybridized carbons (Fsp3) is 0.583. The maximum atomic E-state index is 13.1. The van der Waals surface area contributed by atoms with Crippen LogP contribution in [0, 0.1) is 6.92 Å². The normalized spacial score (nSPS) is 12.6. The molecule has 1 aromatic rings. The number of nitrogens with one attached hydrogen (secondary N) is 1. The number of ether oxygens (including phenoxy) is 3. The first-order valence-corrected chi connectivity index (χ1v) is 10.7. The monoisotopic (exact) mass is 463 g/mol. The Morgan fingerprint density at radius 1 is 0.879 bits per heavy atom. The second-order valence-corrected chi connectivity index (χ2v) is 10.6. The maximum absolute atomic E-state index is 13.1. The number of amides is 3. The highest BCUT2D eigenvalue weighted by molar-refractivity contribution is 6.04. The summed E-state index contributed by atoms with van der Waals surface area (Å²) in [4.78, 5) is 43.0. The molecule has 0 atom stereocenters. The topological polar surface area (TPSA) is 107 Å². The van der Waals surface area contributed by atoms with Crippen LogP contribution in [0.5, 0.6) is 0 Å². The van der Waals surface area contributed by atoms with E-state index in [9.17, 15) is 14.4 Å². The third-order valence-electron chi connectivity index (χ3n) is 3.50. The van der Waals surface area contributed by atoms with E-state index in [2.05, 4.69) is 10.3 Å². The van der Waals surface area contributed by atoms with E-state index in [1.165, 1.54) is 0 Å². The van der Waals surface area contributed by atoms with Gasteiger partial charge in [0.05, 0.1) is 6.54 Å². The number of benzene rings is 1. The Balaban J connectivity index is 3.45. The van der Waals surface area contributed by atoms with E-state index >= 15 is 0 Å². The predicted octanol–water partition coefficient (Wildman–Crippen LogP) is 5.55. The zero-order chi connectivity index (χ0) is 25.6. The molecule has 0 bridgehead atoms. The van der Waals surface area contributed by atoms with Gasteiger partial charge in [0, 0.05) is 0 Å². The largest absolute Gasteiger partial charge is 0.444 e. The molecule has 0 radical (unpaired) electrons. The minimum absolute atomic E-state index is 0.0198. The molecular weight excluding hydrogens is 426 g/mol. The Morgan fingerprint density at radius 3 is 1.91 bits per heavy atom. The van der Waals surface area contributed by atoms with Crippen LogP contribution in [0.15, 0.2) is 29.3 Å². The van der Waals surface area contributed by atoms with Gasteiger partial charge in [0.1, 0.15) is 16.8 Å². The van der Waals surface area contributed by atoms with Gasteiger partial charge in [-0.2, -0.15) is 0 Å². The van der Waals surface area contributed by atoms with Gasteiger partial charge in [-0.15, -0.1) is 4.99 Å². The lowest BCUT2D eigenvalue weighted by Crippen LogP contribution is -2.50. The predicted molar refractivity (Wildman–Crippen MR) is 126 cm³/mol. The first kappa shape index (κ1) is 27.9. The number of hydrogen-bond donors (Lipinski definition) is 1. The zero-order valence-electron chi connectivity index (χ0n) is 21.4. The molecule has 1 rings (SSSR count). The molecule has 0 saturated carbocycles.